The van der Waals surface area contributed by atoms with Gasteiger partial charge in [-0.2, -0.15) is 0 Å². The van der Waals surface area contributed by atoms with Gasteiger partial charge in [0.05, 0.1) is 24.6 Å². The fraction of sp³-hybridized carbons (Fsp3) is 0.0556. The SMILES string of the molecule is COC(=O)c1ccc(N2NC(=O)/C(=C\C=C\c3ccco3)C2=O)cc1. The quantitative estimate of drug-likeness (QED) is 0.524. The van der Waals surface area contributed by atoms with Crippen LogP contribution in [0.5, 0.6) is 0 Å². The second-order valence-corrected chi connectivity index (χ2v) is 5.07. The number of carbonyl (C=O) groups excluding carboxylic acids is 3. The molecule has 3 rings (SSSR count). The summed E-state index contributed by atoms with van der Waals surface area (Å²) in [7, 11) is 1.29. The van der Waals surface area contributed by atoms with Gasteiger partial charge in [0.1, 0.15) is 11.3 Å². The summed E-state index contributed by atoms with van der Waals surface area (Å²) in [6, 6.07) is 9.61. The van der Waals surface area contributed by atoms with Crippen LogP contribution in [0.15, 0.2) is 64.8 Å². The topological polar surface area (TPSA) is 88.8 Å². The van der Waals surface area contributed by atoms with E-state index >= 15 is 0 Å². The molecule has 1 saturated heterocycles. The van der Waals surface area contributed by atoms with Crippen LogP contribution >= 0.6 is 0 Å². The number of furan rings is 1. The van der Waals surface area contributed by atoms with Crippen LogP contribution in [0.4, 0.5) is 5.69 Å². The van der Waals surface area contributed by atoms with Crippen molar-refractivity contribution >= 4 is 29.5 Å². The molecule has 0 spiro atoms. The highest BCUT2D eigenvalue weighted by Crippen LogP contribution is 2.20. The fourth-order valence-corrected chi connectivity index (χ4v) is 2.25. The zero-order valence-corrected chi connectivity index (χ0v) is 13.3. The Labute approximate surface area is 143 Å². The number of nitrogens with zero attached hydrogens (tertiary/aromatic N) is 1. The van der Waals surface area contributed by atoms with E-state index in [9.17, 15) is 14.4 Å². The first-order chi connectivity index (χ1) is 12.1. The van der Waals surface area contributed by atoms with Gasteiger partial charge < -0.3 is 9.15 Å². The third-order valence-electron chi connectivity index (χ3n) is 3.50. The molecule has 0 aliphatic carbocycles. The number of hydrogen-bond donors (Lipinski definition) is 1. The van der Waals surface area contributed by atoms with Crippen molar-refractivity contribution in [2.75, 3.05) is 12.1 Å². The van der Waals surface area contributed by atoms with Crippen LogP contribution in [-0.2, 0) is 14.3 Å². The molecule has 0 bridgehead atoms. The number of methoxy groups -OCH3 is 1. The van der Waals surface area contributed by atoms with E-state index in [0.29, 0.717) is 17.0 Å². The number of hydrazine groups is 1. The van der Waals surface area contributed by atoms with E-state index in [1.54, 1.807) is 36.4 Å². The van der Waals surface area contributed by atoms with Crippen LogP contribution in [0.25, 0.3) is 6.08 Å². The van der Waals surface area contributed by atoms with Crippen molar-refractivity contribution in [2.24, 2.45) is 0 Å². The number of amides is 2. The van der Waals surface area contributed by atoms with Crippen LogP contribution in [0.1, 0.15) is 16.1 Å². The molecule has 0 unspecified atom stereocenters. The molecule has 2 heterocycles. The van der Waals surface area contributed by atoms with Gasteiger partial charge in [-0.05, 0) is 48.6 Å². The molecule has 7 nitrogen and oxygen atoms in total. The van der Waals surface area contributed by atoms with Gasteiger partial charge in [-0.25, -0.2) is 9.80 Å². The number of esters is 1. The number of ether oxygens (including phenoxy) is 1. The Kier molecular flexibility index (Phi) is 4.47. The molecular formula is C18H14N2O5. The van der Waals surface area contributed by atoms with Crippen LogP contribution in [0.3, 0.4) is 0 Å². The fourth-order valence-electron chi connectivity index (χ4n) is 2.25. The summed E-state index contributed by atoms with van der Waals surface area (Å²) in [4.78, 5) is 35.9. The monoisotopic (exact) mass is 338 g/mol. The molecule has 2 amide bonds. The van der Waals surface area contributed by atoms with Crippen molar-refractivity contribution in [1.29, 1.82) is 0 Å². The van der Waals surface area contributed by atoms with Gasteiger partial charge in [-0.1, -0.05) is 6.08 Å². The molecule has 2 aromatic rings. The zero-order valence-electron chi connectivity index (χ0n) is 13.3. The highest BCUT2D eigenvalue weighted by Gasteiger charge is 2.34. The Hall–Kier alpha value is -3.61. The predicted molar refractivity (Wildman–Crippen MR) is 89.2 cm³/mol. The minimum Gasteiger partial charge on any atom is -0.465 e. The lowest BCUT2D eigenvalue weighted by Gasteiger charge is -2.14. The highest BCUT2D eigenvalue weighted by atomic mass is 16.5. The van der Waals surface area contributed by atoms with Crippen molar-refractivity contribution in [3.8, 4) is 0 Å². The summed E-state index contributed by atoms with van der Waals surface area (Å²) in [5.41, 5.74) is 3.26. The van der Waals surface area contributed by atoms with E-state index in [2.05, 4.69) is 10.2 Å². The lowest BCUT2D eigenvalue weighted by Crippen LogP contribution is -2.35. The highest BCUT2D eigenvalue weighted by molar-refractivity contribution is 6.29. The summed E-state index contributed by atoms with van der Waals surface area (Å²) in [6.45, 7) is 0. The van der Waals surface area contributed by atoms with Crippen molar-refractivity contribution in [3.05, 3.63) is 71.7 Å². The van der Waals surface area contributed by atoms with E-state index in [0.717, 1.165) is 5.01 Å². The first-order valence-corrected chi connectivity index (χ1v) is 7.36. The average molecular weight is 338 g/mol. The van der Waals surface area contributed by atoms with Gasteiger partial charge >= 0.3 is 5.97 Å². The van der Waals surface area contributed by atoms with E-state index in [4.69, 9.17) is 4.42 Å². The maximum atomic E-state index is 12.4. The Morgan fingerprint density at radius 1 is 1.20 bits per heavy atom. The van der Waals surface area contributed by atoms with Crippen molar-refractivity contribution in [3.63, 3.8) is 0 Å². The number of rotatable bonds is 4. The second kappa shape index (κ2) is 6.88. The van der Waals surface area contributed by atoms with Crippen molar-refractivity contribution in [1.82, 2.24) is 5.43 Å². The largest absolute Gasteiger partial charge is 0.465 e. The van der Waals surface area contributed by atoms with E-state index in [-0.39, 0.29) is 5.57 Å². The molecule has 0 radical (unpaired) electrons. The summed E-state index contributed by atoms with van der Waals surface area (Å²) in [5, 5.41) is 1.12. The smallest absolute Gasteiger partial charge is 0.337 e. The summed E-state index contributed by atoms with van der Waals surface area (Å²) < 4.78 is 9.75. The van der Waals surface area contributed by atoms with Crippen molar-refractivity contribution < 1.29 is 23.5 Å². The minimum absolute atomic E-state index is 0.000138. The molecule has 1 aromatic heterocycles. The minimum atomic E-state index is -0.508. The molecule has 7 heteroatoms. The predicted octanol–water partition coefficient (Wildman–Crippen LogP) is 2.08. The number of nitrogens with one attached hydrogen (secondary N) is 1. The zero-order chi connectivity index (χ0) is 17.8. The molecule has 25 heavy (non-hydrogen) atoms. The van der Waals surface area contributed by atoms with Crippen LogP contribution in [-0.4, -0.2) is 24.9 Å². The van der Waals surface area contributed by atoms with Gasteiger partial charge in [0.15, 0.2) is 0 Å². The van der Waals surface area contributed by atoms with Crippen molar-refractivity contribution in [2.45, 2.75) is 0 Å². The van der Waals surface area contributed by atoms with Gasteiger partial charge in [-0.15, -0.1) is 0 Å². The van der Waals surface area contributed by atoms with Gasteiger partial charge in [-0.3, -0.25) is 15.0 Å². The first-order valence-electron chi connectivity index (χ1n) is 7.36. The molecule has 0 atom stereocenters. The summed E-state index contributed by atoms with van der Waals surface area (Å²) >= 11 is 0. The maximum Gasteiger partial charge on any atom is 0.337 e. The summed E-state index contributed by atoms with van der Waals surface area (Å²) in [5.74, 6) is -0.865. The Morgan fingerprint density at radius 2 is 1.96 bits per heavy atom. The molecular weight excluding hydrogens is 324 g/mol. The number of anilines is 1. The van der Waals surface area contributed by atoms with Crippen LogP contribution < -0.4 is 10.4 Å². The van der Waals surface area contributed by atoms with Gasteiger partial charge in [0.25, 0.3) is 11.8 Å². The van der Waals surface area contributed by atoms with Crippen LogP contribution in [0.2, 0.25) is 0 Å². The number of carbonyl (C=O) groups is 3. The molecule has 126 valence electrons. The van der Waals surface area contributed by atoms with E-state index in [1.807, 2.05) is 0 Å². The van der Waals surface area contributed by atoms with Crippen LogP contribution in [0, 0.1) is 0 Å². The van der Waals surface area contributed by atoms with Gasteiger partial charge in [0, 0.05) is 0 Å². The first kappa shape index (κ1) is 16.3. The molecule has 1 fully saturated rings. The van der Waals surface area contributed by atoms with E-state index < -0.39 is 17.8 Å². The molecule has 1 N–H and O–H groups in total. The number of allylic oxidation sites excluding steroid dienone is 2. The molecule has 1 aliphatic heterocycles. The molecule has 0 saturated carbocycles. The Morgan fingerprint density at radius 3 is 2.60 bits per heavy atom. The second-order valence-electron chi connectivity index (χ2n) is 5.07. The number of benzene rings is 1. The van der Waals surface area contributed by atoms with Gasteiger partial charge in [0.2, 0.25) is 0 Å². The standard InChI is InChI=1S/C18H14N2O5/c1-24-18(23)12-7-9-13(10-8-12)20-17(22)15(16(21)19-20)6-2-4-14-5-3-11-25-14/h2-11H,1H3,(H,19,21)/b4-2+,15-6+. The summed E-state index contributed by atoms with van der Waals surface area (Å²) in [6.07, 6.45) is 6.15. The number of hydrogen-bond acceptors (Lipinski definition) is 5. The average Bonchev–Trinajstić information content (AvgIpc) is 3.24. The molecule has 1 aromatic carbocycles. The normalized spacial score (nSPS) is 15.9. The molecule has 1 aliphatic rings. The Balaban J connectivity index is 1.77. The third kappa shape index (κ3) is 3.35. The maximum absolute atomic E-state index is 12.4. The lowest BCUT2D eigenvalue weighted by molar-refractivity contribution is -0.117. The Bertz CT molecular complexity index is 863. The third-order valence-corrected chi connectivity index (χ3v) is 3.50. The van der Waals surface area contributed by atoms with E-state index in [1.165, 1.54) is 31.6 Å². The lowest BCUT2D eigenvalue weighted by atomic mass is 10.2.